The zero-order valence-electron chi connectivity index (χ0n) is 14.2. The lowest BCUT2D eigenvalue weighted by molar-refractivity contribution is -0.132. The van der Waals surface area contributed by atoms with Crippen LogP contribution in [-0.2, 0) is 4.79 Å². The largest absolute Gasteiger partial charge is 0.484 e. The third-order valence-corrected chi connectivity index (χ3v) is 5.02. The van der Waals surface area contributed by atoms with Gasteiger partial charge >= 0.3 is 0 Å². The monoisotopic (exact) mass is 317 g/mol. The van der Waals surface area contributed by atoms with Crippen molar-refractivity contribution in [2.75, 3.05) is 45.9 Å². The summed E-state index contributed by atoms with van der Waals surface area (Å²) in [4.78, 5) is 16.8. The first-order chi connectivity index (χ1) is 11.1. The Labute approximate surface area is 138 Å². The Bertz CT molecular complexity index is 555. The van der Waals surface area contributed by atoms with E-state index in [2.05, 4.69) is 24.1 Å². The van der Waals surface area contributed by atoms with Gasteiger partial charge in [0.05, 0.1) is 0 Å². The Morgan fingerprint density at radius 1 is 1.22 bits per heavy atom. The Kier molecular flexibility index (Phi) is 5.18. The number of benzene rings is 1. The van der Waals surface area contributed by atoms with Gasteiger partial charge in [-0.2, -0.15) is 0 Å². The van der Waals surface area contributed by atoms with E-state index in [9.17, 15) is 4.79 Å². The average Bonchev–Trinajstić information content (AvgIpc) is 3.06. The van der Waals surface area contributed by atoms with Gasteiger partial charge in [-0.1, -0.05) is 6.07 Å². The van der Waals surface area contributed by atoms with E-state index in [0.29, 0.717) is 6.04 Å². The van der Waals surface area contributed by atoms with Gasteiger partial charge in [-0.3, -0.25) is 9.69 Å². The minimum absolute atomic E-state index is 0.0980. The van der Waals surface area contributed by atoms with Crippen molar-refractivity contribution in [2.24, 2.45) is 0 Å². The van der Waals surface area contributed by atoms with Crippen molar-refractivity contribution < 1.29 is 9.53 Å². The first-order valence-corrected chi connectivity index (χ1v) is 8.56. The number of hydrogen-bond acceptors (Lipinski definition) is 4. The van der Waals surface area contributed by atoms with E-state index in [0.717, 1.165) is 51.4 Å². The smallest absolute Gasteiger partial charge is 0.260 e. The fourth-order valence-electron chi connectivity index (χ4n) is 3.35. The van der Waals surface area contributed by atoms with Crippen molar-refractivity contribution in [3.8, 4) is 5.75 Å². The number of carbonyl (C=O) groups excluding carboxylic acids is 1. The van der Waals surface area contributed by atoms with Crippen LogP contribution in [0.5, 0.6) is 5.75 Å². The van der Waals surface area contributed by atoms with E-state index >= 15 is 0 Å². The maximum Gasteiger partial charge on any atom is 0.260 e. The van der Waals surface area contributed by atoms with Gasteiger partial charge in [0.15, 0.2) is 6.61 Å². The minimum Gasteiger partial charge on any atom is -0.484 e. The van der Waals surface area contributed by atoms with Gasteiger partial charge in [-0.15, -0.1) is 0 Å². The fourth-order valence-corrected chi connectivity index (χ4v) is 3.35. The summed E-state index contributed by atoms with van der Waals surface area (Å²) in [5, 5.41) is 3.38. The number of nitrogens with zero attached hydrogens (tertiary/aromatic N) is 2. The highest BCUT2D eigenvalue weighted by atomic mass is 16.5. The second-order valence-electron chi connectivity index (χ2n) is 6.60. The van der Waals surface area contributed by atoms with Crippen LogP contribution in [0.25, 0.3) is 0 Å². The highest BCUT2D eigenvalue weighted by Crippen LogP contribution is 2.18. The molecule has 1 atom stereocenters. The molecule has 1 aromatic rings. The fraction of sp³-hybridized carbons (Fsp3) is 0.611. The van der Waals surface area contributed by atoms with Crippen molar-refractivity contribution in [3.05, 3.63) is 29.3 Å². The highest BCUT2D eigenvalue weighted by Gasteiger charge is 2.30. The first kappa shape index (κ1) is 16.3. The summed E-state index contributed by atoms with van der Waals surface area (Å²) in [6.45, 7) is 10.3. The van der Waals surface area contributed by atoms with Gasteiger partial charge < -0.3 is 15.0 Å². The number of piperazine rings is 1. The first-order valence-electron chi connectivity index (χ1n) is 8.56. The molecule has 5 nitrogen and oxygen atoms in total. The lowest BCUT2D eigenvalue weighted by Crippen LogP contribution is -2.49. The minimum atomic E-state index is 0.0980. The molecule has 2 saturated heterocycles. The molecule has 23 heavy (non-hydrogen) atoms. The van der Waals surface area contributed by atoms with Crippen LogP contribution >= 0.6 is 0 Å². The van der Waals surface area contributed by atoms with Crippen molar-refractivity contribution in [2.45, 2.75) is 26.3 Å². The van der Waals surface area contributed by atoms with Gasteiger partial charge in [0.2, 0.25) is 0 Å². The summed E-state index contributed by atoms with van der Waals surface area (Å²) < 4.78 is 5.68. The van der Waals surface area contributed by atoms with E-state index in [1.54, 1.807) is 0 Å². The lowest BCUT2D eigenvalue weighted by atomic mass is 10.1. The van der Waals surface area contributed by atoms with Crippen LogP contribution in [0.1, 0.15) is 17.5 Å². The Morgan fingerprint density at radius 3 is 2.74 bits per heavy atom. The molecule has 5 heteroatoms. The number of ether oxygens (including phenoxy) is 1. The maximum absolute atomic E-state index is 12.4. The molecule has 1 aromatic carbocycles. The van der Waals surface area contributed by atoms with E-state index in [4.69, 9.17) is 4.74 Å². The van der Waals surface area contributed by atoms with Gasteiger partial charge in [0.1, 0.15) is 5.75 Å². The molecule has 126 valence electrons. The predicted molar refractivity (Wildman–Crippen MR) is 90.8 cm³/mol. The second kappa shape index (κ2) is 7.32. The normalized spacial score (nSPS) is 22.3. The number of nitrogens with one attached hydrogen (secondary N) is 1. The van der Waals surface area contributed by atoms with Gasteiger partial charge in [0, 0.05) is 45.3 Å². The molecular weight excluding hydrogens is 290 g/mol. The third-order valence-electron chi connectivity index (χ3n) is 5.02. The van der Waals surface area contributed by atoms with Crippen LogP contribution in [-0.4, -0.2) is 67.6 Å². The Hall–Kier alpha value is -1.59. The molecule has 2 heterocycles. The van der Waals surface area contributed by atoms with Crippen molar-refractivity contribution in [1.29, 1.82) is 0 Å². The van der Waals surface area contributed by atoms with Crippen molar-refractivity contribution in [1.82, 2.24) is 15.1 Å². The van der Waals surface area contributed by atoms with Crippen LogP contribution in [0, 0.1) is 13.8 Å². The molecule has 1 N–H and O–H groups in total. The molecule has 2 fully saturated rings. The molecule has 2 aliphatic rings. The quantitative estimate of drug-likeness (QED) is 0.906. The zero-order chi connectivity index (χ0) is 16.2. The van der Waals surface area contributed by atoms with Gasteiger partial charge in [-0.25, -0.2) is 0 Å². The molecule has 0 spiro atoms. The van der Waals surface area contributed by atoms with Crippen LogP contribution in [0.4, 0.5) is 0 Å². The number of hydrogen-bond donors (Lipinski definition) is 1. The van der Waals surface area contributed by atoms with E-state index in [-0.39, 0.29) is 12.5 Å². The number of likely N-dealkylation sites (tertiary alicyclic amines) is 1. The number of carbonyl (C=O) groups is 1. The molecule has 3 rings (SSSR count). The predicted octanol–water partition coefficient (Wildman–Crippen LogP) is 1.19. The molecule has 1 amide bonds. The molecule has 0 aliphatic carbocycles. The van der Waals surface area contributed by atoms with Crippen molar-refractivity contribution >= 4 is 5.91 Å². The molecule has 0 aromatic heterocycles. The van der Waals surface area contributed by atoms with Crippen LogP contribution in [0.15, 0.2) is 18.2 Å². The number of amides is 1. The average molecular weight is 317 g/mol. The Balaban J connectivity index is 1.48. The van der Waals surface area contributed by atoms with Gasteiger partial charge in [0.25, 0.3) is 5.91 Å². The summed E-state index contributed by atoms with van der Waals surface area (Å²) in [5.74, 6) is 0.875. The van der Waals surface area contributed by atoms with E-state index in [1.807, 2.05) is 23.1 Å². The van der Waals surface area contributed by atoms with Crippen LogP contribution < -0.4 is 10.1 Å². The number of rotatable bonds is 4. The summed E-state index contributed by atoms with van der Waals surface area (Å²) in [6, 6.07) is 6.48. The second-order valence-corrected chi connectivity index (χ2v) is 6.60. The lowest BCUT2D eigenvalue weighted by Gasteiger charge is -2.32. The molecule has 0 radical (unpaired) electrons. The summed E-state index contributed by atoms with van der Waals surface area (Å²) >= 11 is 0. The molecule has 1 unspecified atom stereocenters. The summed E-state index contributed by atoms with van der Waals surface area (Å²) in [7, 11) is 0. The molecule has 0 bridgehead atoms. The number of aryl methyl sites for hydroxylation is 2. The van der Waals surface area contributed by atoms with Crippen molar-refractivity contribution in [3.63, 3.8) is 0 Å². The molecule has 2 aliphatic heterocycles. The third kappa shape index (κ3) is 4.03. The zero-order valence-corrected chi connectivity index (χ0v) is 14.2. The maximum atomic E-state index is 12.4. The van der Waals surface area contributed by atoms with E-state index in [1.165, 1.54) is 11.1 Å². The molecular formula is C18H27N3O2. The SMILES string of the molecule is Cc1ccc(OCC(=O)N2CCC(N3CCNCC3)C2)cc1C. The van der Waals surface area contributed by atoms with E-state index < -0.39 is 0 Å². The molecule has 0 saturated carbocycles. The summed E-state index contributed by atoms with van der Waals surface area (Å²) in [5.41, 5.74) is 2.43. The Morgan fingerprint density at radius 2 is 2.00 bits per heavy atom. The summed E-state index contributed by atoms with van der Waals surface area (Å²) in [6.07, 6.45) is 1.08. The highest BCUT2D eigenvalue weighted by molar-refractivity contribution is 5.78. The van der Waals surface area contributed by atoms with Crippen LogP contribution in [0.3, 0.4) is 0 Å². The topological polar surface area (TPSA) is 44.8 Å². The van der Waals surface area contributed by atoms with Gasteiger partial charge in [-0.05, 0) is 43.5 Å². The van der Waals surface area contributed by atoms with Crippen LogP contribution in [0.2, 0.25) is 0 Å². The standard InChI is InChI=1S/C18H27N3O2/c1-14-3-4-17(11-15(14)2)23-13-18(22)21-8-5-16(12-21)20-9-6-19-7-10-20/h3-4,11,16,19H,5-10,12-13H2,1-2H3.